The quantitative estimate of drug-likeness (QED) is 0.585. The van der Waals surface area contributed by atoms with Crippen LogP contribution in [-0.2, 0) is 21.2 Å². The molecule has 162 valence electrons. The van der Waals surface area contributed by atoms with Crippen LogP contribution in [0.25, 0.3) is 10.6 Å². The molecule has 0 aliphatic carbocycles. The van der Waals surface area contributed by atoms with Gasteiger partial charge in [-0.15, -0.1) is 11.3 Å². The first-order valence-electron chi connectivity index (χ1n) is 9.82. The van der Waals surface area contributed by atoms with Gasteiger partial charge in [-0.25, -0.2) is 17.8 Å². The summed E-state index contributed by atoms with van der Waals surface area (Å²) in [5.74, 6) is -0.565. The molecule has 31 heavy (non-hydrogen) atoms. The second kappa shape index (κ2) is 9.21. The Morgan fingerprint density at radius 2 is 1.90 bits per heavy atom. The van der Waals surface area contributed by atoms with E-state index in [1.54, 1.807) is 17.3 Å². The number of amides is 1. The number of carbonyl (C=O) groups excluding carboxylic acids is 1. The number of hydrogen-bond acceptors (Lipinski definition) is 6. The van der Waals surface area contributed by atoms with Crippen LogP contribution in [-0.4, -0.2) is 59.7 Å². The summed E-state index contributed by atoms with van der Waals surface area (Å²) in [6.45, 7) is 1.29. The van der Waals surface area contributed by atoms with Crippen LogP contribution in [0.1, 0.15) is 12.1 Å². The second-order valence-electron chi connectivity index (χ2n) is 7.15. The number of hydrogen-bond donors (Lipinski definition) is 0. The number of aromatic nitrogens is 2. The number of benzene rings is 1. The smallest absolute Gasteiger partial charge is 0.243 e. The van der Waals surface area contributed by atoms with Gasteiger partial charge >= 0.3 is 0 Å². The molecule has 10 heteroatoms. The first kappa shape index (κ1) is 21.5. The van der Waals surface area contributed by atoms with E-state index in [0.717, 1.165) is 22.7 Å². The lowest BCUT2D eigenvalue weighted by Gasteiger charge is -2.22. The van der Waals surface area contributed by atoms with Crippen molar-refractivity contribution in [2.75, 3.05) is 26.2 Å². The fraction of sp³-hybridized carbons (Fsp3) is 0.286. The SMILES string of the molecule is O=C(Cc1csc(-c2cccnc2)n1)N1CCCN(S(=O)(=O)c2ccc(F)cc2)CC1. The van der Waals surface area contributed by atoms with Gasteiger partial charge in [0.15, 0.2) is 0 Å². The molecule has 2 aromatic heterocycles. The zero-order chi connectivity index (χ0) is 21.8. The molecule has 0 unspecified atom stereocenters. The lowest BCUT2D eigenvalue weighted by molar-refractivity contribution is -0.130. The summed E-state index contributed by atoms with van der Waals surface area (Å²) in [7, 11) is -3.73. The van der Waals surface area contributed by atoms with Crippen molar-refractivity contribution in [3.63, 3.8) is 0 Å². The van der Waals surface area contributed by atoms with Gasteiger partial charge in [-0.3, -0.25) is 9.78 Å². The molecule has 1 fully saturated rings. The van der Waals surface area contributed by atoms with E-state index in [0.29, 0.717) is 31.7 Å². The molecule has 1 saturated heterocycles. The number of carbonyl (C=O) groups is 1. The molecular weight excluding hydrogens is 439 g/mol. The Labute approximate surface area is 184 Å². The molecule has 0 saturated carbocycles. The normalized spacial score (nSPS) is 15.6. The molecular formula is C21H21FN4O3S2. The third-order valence-electron chi connectivity index (χ3n) is 5.05. The van der Waals surface area contributed by atoms with Crippen LogP contribution in [0.5, 0.6) is 0 Å². The molecule has 1 amide bonds. The zero-order valence-corrected chi connectivity index (χ0v) is 18.3. The maximum atomic E-state index is 13.1. The minimum absolute atomic E-state index is 0.0547. The fourth-order valence-electron chi connectivity index (χ4n) is 3.42. The van der Waals surface area contributed by atoms with Crippen molar-refractivity contribution in [2.45, 2.75) is 17.7 Å². The maximum absolute atomic E-state index is 13.1. The van der Waals surface area contributed by atoms with Crippen LogP contribution in [0.15, 0.2) is 59.1 Å². The average molecular weight is 461 g/mol. The molecule has 1 aromatic carbocycles. The van der Waals surface area contributed by atoms with Crippen molar-refractivity contribution in [3.8, 4) is 10.6 Å². The number of thiazole rings is 1. The minimum Gasteiger partial charge on any atom is -0.341 e. The molecule has 0 spiro atoms. The summed E-state index contributed by atoms with van der Waals surface area (Å²) in [4.78, 5) is 23.2. The molecule has 3 heterocycles. The van der Waals surface area contributed by atoms with E-state index in [4.69, 9.17) is 0 Å². The Hall–Kier alpha value is -2.69. The van der Waals surface area contributed by atoms with Gasteiger partial charge in [0.25, 0.3) is 0 Å². The molecule has 7 nitrogen and oxygen atoms in total. The predicted molar refractivity (Wildman–Crippen MR) is 115 cm³/mol. The number of nitrogens with zero attached hydrogens (tertiary/aromatic N) is 4. The fourth-order valence-corrected chi connectivity index (χ4v) is 5.70. The van der Waals surface area contributed by atoms with E-state index in [-0.39, 0.29) is 23.8 Å². The van der Waals surface area contributed by atoms with Crippen molar-refractivity contribution >= 4 is 27.3 Å². The first-order chi connectivity index (χ1) is 14.9. The molecule has 0 radical (unpaired) electrons. The molecule has 0 bridgehead atoms. The van der Waals surface area contributed by atoms with Crippen LogP contribution in [0, 0.1) is 5.82 Å². The van der Waals surface area contributed by atoms with E-state index in [2.05, 4.69) is 9.97 Å². The highest BCUT2D eigenvalue weighted by atomic mass is 32.2. The summed E-state index contributed by atoms with van der Waals surface area (Å²) >= 11 is 1.46. The van der Waals surface area contributed by atoms with Crippen molar-refractivity contribution < 1.29 is 17.6 Å². The van der Waals surface area contributed by atoms with Gasteiger partial charge in [0.2, 0.25) is 15.9 Å². The van der Waals surface area contributed by atoms with E-state index in [1.165, 1.54) is 27.8 Å². The Balaban J connectivity index is 1.39. The number of sulfonamides is 1. The third-order valence-corrected chi connectivity index (χ3v) is 7.90. The predicted octanol–water partition coefficient (Wildman–Crippen LogP) is 2.81. The monoisotopic (exact) mass is 460 g/mol. The van der Waals surface area contributed by atoms with E-state index in [1.807, 2.05) is 17.5 Å². The van der Waals surface area contributed by atoms with Gasteiger partial charge in [0.05, 0.1) is 17.0 Å². The molecule has 0 atom stereocenters. The first-order valence-corrected chi connectivity index (χ1v) is 12.1. The van der Waals surface area contributed by atoms with Crippen LogP contribution < -0.4 is 0 Å². The van der Waals surface area contributed by atoms with Crippen LogP contribution in [0.4, 0.5) is 4.39 Å². The zero-order valence-electron chi connectivity index (χ0n) is 16.6. The number of pyridine rings is 1. The van der Waals surface area contributed by atoms with Gasteiger partial charge in [0, 0.05) is 49.5 Å². The van der Waals surface area contributed by atoms with Gasteiger partial charge in [-0.2, -0.15) is 4.31 Å². The van der Waals surface area contributed by atoms with Crippen LogP contribution in [0.2, 0.25) is 0 Å². The Morgan fingerprint density at radius 1 is 1.10 bits per heavy atom. The second-order valence-corrected chi connectivity index (χ2v) is 9.95. The Morgan fingerprint density at radius 3 is 2.65 bits per heavy atom. The van der Waals surface area contributed by atoms with Gasteiger partial charge in [-0.05, 0) is 42.8 Å². The van der Waals surface area contributed by atoms with Crippen molar-refractivity contribution in [3.05, 3.63) is 65.7 Å². The highest BCUT2D eigenvalue weighted by molar-refractivity contribution is 7.89. The molecule has 3 aromatic rings. The molecule has 1 aliphatic heterocycles. The lowest BCUT2D eigenvalue weighted by Crippen LogP contribution is -2.38. The van der Waals surface area contributed by atoms with E-state index < -0.39 is 15.8 Å². The molecule has 0 N–H and O–H groups in total. The van der Waals surface area contributed by atoms with Gasteiger partial charge in [0.1, 0.15) is 10.8 Å². The lowest BCUT2D eigenvalue weighted by atomic mass is 10.2. The third kappa shape index (κ3) is 4.97. The summed E-state index contributed by atoms with van der Waals surface area (Å²) in [5, 5.41) is 2.67. The minimum atomic E-state index is -3.73. The van der Waals surface area contributed by atoms with Crippen molar-refractivity contribution in [2.24, 2.45) is 0 Å². The maximum Gasteiger partial charge on any atom is 0.243 e. The van der Waals surface area contributed by atoms with Crippen LogP contribution >= 0.6 is 11.3 Å². The van der Waals surface area contributed by atoms with Crippen molar-refractivity contribution in [1.82, 2.24) is 19.2 Å². The molecule has 4 rings (SSSR count). The van der Waals surface area contributed by atoms with Gasteiger partial charge < -0.3 is 4.90 Å². The topological polar surface area (TPSA) is 83.5 Å². The summed E-state index contributed by atoms with van der Waals surface area (Å²) in [5.41, 5.74) is 1.59. The highest BCUT2D eigenvalue weighted by Gasteiger charge is 2.28. The highest BCUT2D eigenvalue weighted by Crippen LogP contribution is 2.23. The number of halogens is 1. The van der Waals surface area contributed by atoms with E-state index >= 15 is 0 Å². The average Bonchev–Trinajstić information content (AvgIpc) is 3.08. The van der Waals surface area contributed by atoms with Crippen molar-refractivity contribution in [1.29, 1.82) is 0 Å². The standard InChI is InChI=1S/C21H21FN4O3S2/c22-17-4-6-19(7-5-17)31(28,29)26-10-2-9-25(11-12-26)20(27)13-18-15-30-21(24-18)16-3-1-8-23-14-16/h1,3-8,14-15H,2,9-13H2. The Kier molecular flexibility index (Phi) is 6.40. The van der Waals surface area contributed by atoms with E-state index in [9.17, 15) is 17.6 Å². The summed E-state index contributed by atoms with van der Waals surface area (Å²) in [6.07, 6.45) is 4.13. The Bertz CT molecular complexity index is 1150. The largest absolute Gasteiger partial charge is 0.341 e. The number of rotatable bonds is 5. The summed E-state index contributed by atoms with van der Waals surface area (Å²) < 4.78 is 40.2. The summed E-state index contributed by atoms with van der Waals surface area (Å²) in [6, 6.07) is 8.55. The molecule has 1 aliphatic rings. The van der Waals surface area contributed by atoms with Crippen LogP contribution in [0.3, 0.4) is 0 Å². The van der Waals surface area contributed by atoms with Gasteiger partial charge in [-0.1, -0.05) is 0 Å².